The van der Waals surface area contributed by atoms with Gasteiger partial charge in [0.2, 0.25) is 11.8 Å². The highest BCUT2D eigenvalue weighted by molar-refractivity contribution is 5.78. The summed E-state index contributed by atoms with van der Waals surface area (Å²) in [5.41, 5.74) is 0. The number of amides is 2. The van der Waals surface area contributed by atoms with Crippen molar-refractivity contribution in [2.24, 2.45) is 0 Å². The van der Waals surface area contributed by atoms with Crippen LogP contribution in [0.4, 0.5) is 0 Å². The van der Waals surface area contributed by atoms with Gasteiger partial charge in [-0.2, -0.15) is 0 Å². The first-order chi connectivity index (χ1) is 15.8. The molecule has 2 amide bonds. The van der Waals surface area contributed by atoms with Gasteiger partial charge in [-0.3, -0.25) is 14.5 Å². The molecule has 0 spiro atoms. The Morgan fingerprint density at radius 3 is 1.91 bits per heavy atom. The summed E-state index contributed by atoms with van der Waals surface area (Å²) in [6.07, 6.45) is 22.6. The van der Waals surface area contributed by atoms with E-state index in [2.05, 4.69) is 33.3 Å². The zero-order chi connectivity index (χ0) is 24.4. The van der Waals surface area contributed by atoms with Crippen LogP contribution in [0.2, 0.25) is 0 Å². The molecule has 0 bridgehead atoms. The monoisotopic (exact) mass is 466 g/mol. The lowest BCUT2D eigenvalue weighted by molar-refractivity contribution is -0.898. The second kappa shape index (κ2) is 18.3. The molecular formula is C28H56N3O2+. The molecule has 5 nitrogen and oxygen atoms in total. The van der Waals surface area contributed by atoms with Gasteiger partial charge in [0.15, 0.2) is 6.67 Å². The van der Waals surface area contributed by atoms with Gasteiger partial charge in [0, 0.05) is 19.0 Å². The van der Waals surface area contributed by atoms with E-state index in [-0.39, 0.29) is 17.9 Å². The van der Waals surface area contributed by atoms with Gasteiger partial charge in [-0.05, 0) is 19.8 Å². The van der Waals surface area contributed by atoms with Gasteiger partial charge >= 0.3 is 0 Å². The second-order valence-electron chi connectivity index (χ2n) is 11.2. The molecule has 1 fully saturated rings. The number of nitrogens with zero attached hydrogens (tertiary/aromatic N) is 2. The van der Waals surface area contributed by atoms with Gasteiger partial charge in [-0.25, -0.2) is 0 Å². The Labute approximate surface area is 205 Å². The highest BCUT2D eigenvalue weighted by Gasteiger charge is 2.27. The normalized spacial score (nSPS) is 15.3. The van der Waals surface area contributed by atoms with E-state index in [0.717, 1.165) is 25.9 Å². The van der Waals surface area contributed by atoms with Gasteiger partial charge in [-0.15, -0.1) is 0 Å². The third-order valence-corrected chi connectivity index (χ3v) is 7.07. The molecule has 1 rings (SSSR count). The molecule has 33 heavy (non-hydrogen) atoms. The molecule has 0 aliphatic carbocycles. The summed E-state index contributed by atoms with van der Waals surface area (Å²) >= 11 is 0. The van der Waals surface area contributed by atoms with Gasteiger partial charge in [0.25, 0.3) is 0 Å². The summed E-state index contributed by atoms with van der Waals surface area (Å²) in [5, 5.41) is 3.17. The summed E-state index contributed by atoms with van der Waals surface area (Å²) in [7, 11) is 4.22. The first-order valence-electron chi connectivity index (χ1n) is 14.2. The van der Waals surface area contributed by atoms with E-state index in [1.54, 1.807) is 0 Å². The van der Waals surface area contributed by atoms with Crippen molar-refractivity contribution < 1.29 is 14.1 Å². The minimum Gasteiger partial charge on any atom is -0.353 e. The SMILES string of the molecule is CCCCCCCCCCCCCCCCC(C)NC(=O)CC[N+](C)(C)CN1CCCC1=O. The van der Waals surface area contributed by atoms with E-state index < -0.39 is 0 Å². The minimum absolute atomic E-state index is 0.145. The molecule has 1 aliphatic heterocycles. The van der Waals surface area contributed by atoms with E-state index in [4.69, 9.17) is 0 Å². The minimum atomic E-state index is 0.145. The lowest BCUT2D eigenvalue weighted by Crippen LogP contribution is -2.50. The predicted octanol–water partition coefficient (Wildman–Crippen LogP) is 6.41. The fourth-order valence-electron chi connectivity index (χ4n) is 4.85. The van der Waals surface area contributed by atoms with Crippen molar-refractivity contribution >= 4 is 11.8 Å². The third-order valence-electron chi connectivity index (χ3n) is 7.07. The van der Waals surface area contributed by atoms with E-state index in [1.165, 1.54) is 89.9 Å². The van der Waals surface area contributed by atoms with Gasteiger partial charge in [0.1, 0.15) is 0 Å². The van der Waals surface area contributed by atoms with E-state index in [9.17, 15) is 9.59 Å². The molecule has 0 saturated carbocycles. The Balaban J connectivity index is 1.93. The Kier molecular flexibility index (Phi) is 16.6. The maximum atomic E-state index is 12.3. The van der Waals surface area contributed by atoms with Crippen LogP contribution >= 0.6 is 0 Å². The second-order valence-corrected chi connectivity index (χ2v) is 11.2. The highest BCUT2D eigenvalue weighted by Crippen LogP contribution is 2.15. The summed E-state index contributed by atoms with van der Waals surface area (Å²) in [6.45, 7) is 6.75. The summed E-state index contributed by atoms with van der Waals surface area (Å²) < 4.78 is 0.687. The molecular weight excluding hydrogens is 410 g/mol. The smallest absolute Gasteiger partial charge is 0.226 e. The fraction of sp³-hybridized carbons (Fsp3) is 0.929. The van der Waals surface area contributed by atoms with E-state index in [1.807, 2.05) is 4.90 Å². The highest BCUT2D eigenvalue weighted by atomic mass is 16.2. The number of likely N-dealkylation sites (tertiary alicyclic amines) is 1. The predicted molar refractivity (Wildman–Crippen MR) is 140 cm³/mol. The average molecular weight is 467 g/mol. The van der Waals surface area contributed by atoms with Crippen LogP contribution < -0.4 is 5.32 Å². The molecule has 0 aromatic heterocycles. The molecule has 194 valence electrons. The van der Waals surface area contributed by atoms with Crippen molar-refractivity contribution in [3.05, 3.63) is 0 Å². The van der Waals surface area contributed by atoms with Crippen molar-refractivity contribution in [3.8, 4) is 0 Å². The Bertz CT molecular complexity index is 521. The van der Waals surface area contributed by atoms with Crippen LogP contribution in [0, 0.1) is 0 Å². The number of rotatable bonds is 21. The number of carbonyl (C=O) groups excluding carboxylic acids is 2. The average Bonchev–Trinajstić information content (AvgIpc) is 3.16. The number of nitrogens with one attached hydrogen (secondary N) is 1. The first-order valence-corrected chi connectivity index (χ1v) is 14.2. The quantitative estimate of drug-likeness (QED) is 0.157. The molecule has 0 radical (unpaired) electrons. The molecule has 1 atom stereocenters. The molecule has 0 aromatic rings. The summed E-state index contributed by atoms with van der Waals surface area (Å²) in [6, 6.07) is 0.255. The maximum absolute atomic E-state index is 12.3. The molecule has 5 heteroatoms. The van der Waals surface area contributed by atoms with Crippen LogP contribution in [0.1, 0.15) is 129 Å². The Morgan fingerprint density at radius 2 is 1.42 bits per heavy atom. The number of hydrogen-bond acceptors (Lipinski definition) is 2. The van der Waals surface area contributed by atoms with Gasteiger partial charge in [-0.1, -0.05) is 96.8 Å². The molecule has 0 aromatic carbocycles. The van der Waals surface area contributed by atoms with Crippen LogP contribution in [0.15, 0.2) is 0 Å². The summed E-state index contributed by atoms with van der Waals surface area (Å²) in [5.74, 6) is 0.402. The maximum Gasteiger partial charge on any atom is 0.226 e. The topological polar surface area (TPSA) is 49.4 Å². The lowest BCUT2D eigenvalue weighted by atomic mass is 10.0. The zero-order valence-electron chi connectivity index (χ0n) is 22.6. The standard InChI is InChI=1S/C28H55N3O2/c1-5-6-7-8-9-10-11-12-13-14-15-16-17-18-20-26(2)29-27(32)22-24-31(3,4)25-30-23-19-21-28(30)33/h26H,5-25H2,1-4H3/p+1. The van der Waals surface area contributed by atoms with Crippen molar-refractivity contribution in [2.45, 2.75) is 135 Å². The zero-order valence-corrected chi connectivity index (χ0v) is 22.6. The number of carbonyl (C=O) groups is 2. The number of hydrogen-bond donors (Lipinski definition) is 1. The van der Waals surface area contributed by atoms with Crippen LogP contribution in [-0.2, 0) is 9.59 Å². The molecule has 1 N–H and O–H groups in total. The largest absolute Gasteiger partial charge is 0.353 e. The fourth-order valence-corrected chi connectivity index (χ4v) is 4.85. The number of unbranched alkanes of at least 4 members (excludes halogenated alkanes) is 13. The molecule has 1 saturated heterocycles. The Morgan fingerprint density at radius 1 is 0.909 bits per heavy atom. The van der Waals surface area contributed by atoms with Crippen LogP contribution in [0.5, 0.6) is 0 Å². The van der Waals surface area contributed by atoms with Crippen molar-refractivity contribution in [2.75, 3.05) is 33.9 Å². The molecule has 1 unspecified atom stereocenters. The third kappa shape index (κ3) is 16.2. The van der Waals surface area contributed by atoms with E-state index in [0.29, 0.717) is 24.0 Å². The molecule has 1 aliphatic rings. The van der Waals surface area contributed by atoms with Crippen molar-refractivity contribution in [3.63, 3.8) is 0 Å². The van der Waals surface area contributed by atoms with Crippen LogP contribution in [0.25, 0.3) is 0 Å². The van der Waals surface area contributed by atoms with Gasteiger partial charge in [0.05, 0.1) is 27.1 Å². The first kappa shape index (κ1) is 29.9. The molecule has 1 heterocycles. The Hall–Kier alpha value is -1.10. The van der Waals surface area contributed by atoms with Crippen molar-refractivity contribution in [1.82, 2.24) is 10.2 Å². The summed E-state index contributed by atoms with van der Waals surface area (Å²) in [4.78, 5) is 26.1. The van der Waals surface area contributed by atoms with Crippen LogP contribution in [-0.4, -0.2) is 61.1 Å². The number of quaternary nitrogens is 1. The van der Waals surface area contributed by atoms with Crippen molar-refractivity contribution in [1.29, 1.82) is 0 Å². The van der Waals surface area contributed by atoms with Gasteiger partial charge < -0.3 is 9.80 Å². The van der Waals surface area contributed by atoms with Crippen LogP contribution in [0.3, 0.4) is 0 Å². The van der Waals surface area contributed by atoms with E-state index >= 15 is 0 Å². The lowest BCUT2D eigenvalue weighted by Gasteiger charge is -2.33.